The summed E-state index contributed by atoms with van der Waals surface area (Å²) in [4.78, 5) is 12.5. The molecule has 3 rings (SSSR count). The molecule has 0 bridgehead atoms. The van der Waals surface area contributed by atoms with E-state index in [1.54, 1.807) is 6.92 Å². The molecule has 2 aromatic carbocycles. The number of anilines is 1. The van der Waals surface area contributed by atoms with Crippen molar-refractivity contribution in [2.75, 3.05) is 5.32 Å². The number of hydrogen-bond donors (Lipinski definition) is 1. The Hall–Kier alpha value is -2.73. The van der Waals surface area contributed by atoms with E-state index in [2.05, 4.69) is 21.6 Å². The van der Waals surface area contributed by atoms with Gasteiger partial charge < -0.3 is 4.74 Å². The monoisotopic (exact) mass is 381 g/mol. The Morgan fingerprint density at radius 2 is 1.74 bits per heavy atom. The fourth-order valence-corrected chi connectivity index (χ4v) is 3.41. The number of amides is 1. The van der Waals surface area contributed by atoms with Crippen LogP contribution in [-0.2, 0) is 4.79 Å². The summed E-state index contributed by atoms with van der Waals surface area (Å²) in [6.07, 6.45) is -0.642. The third-order valence-corrected chi connectivity index (χ3v) is 5.28. The molecule has 0 fully saturated rings. The van der Waals surface area contributed by atoms with Gasteiger partial charge in [0, 0.05) is 5.56 Å². The average molecular weight is 382 g/mol. The largest absolute Gasteiger partial charge is 0.481 e. The van der Waals surface area contributed by atoms with Gasteiger partial charge in [-0.2, -0.15) is 0 Å². The minimum atomic E-state index is -0.642. The van der Waals surface area contributed by atoms with E-state index in [9.17, 15) is 4.79 Å². The molecule has 1 aromatic heterocycles. The summed E-state index contributed by atoms with van der Waals surface area (Å²) in [6.45, 7) is 9.81. The molecule has 0 saturated carbocycles. The van der Waals surface area contributed by atoms with Crippen LogP contribution in [0.15, 0.2) is 36.4 Å². The van der Waals surface area contributed by atoms with Crippen LogP contribution in [0.3, 0.4) is 0 Å². The maximum Gasteiger partial charge on any atom is 0.266 e. The van der Waals surface area contributed by atoms with Gasteiger partial charge in [0.25, 0.3) is 5.91 Å². The van der Waals surface area contributed by atoms with E-state index in [4.69, 9.17) is 4.74 Å². The third-order valence-electron chi connectivity index (χ3n) is 4.39. The quantitative estimate of drug-likeness (QED) is 0.686. The lowest BCUT2D eigenvalue weighted by Crippen LogP contribution is -2.30. The lowest BCUT2D eigenvalue weighted by Gasteiger charge is -2.17. The number of nitrogens with zero attached hydrogens (tertiary/aromatic N) is 2. The van der Waals surface area contributed by atoms with Crippen LogP contribution >= 0.6 is 11.3 Å². The second-order valence-corrected chi connectivity index (χ2v) is 7.71. The number of benzene rings is 2. The lowest BCUT2D eigenvalue weighted by atomic mass is 10.1. The van der Waals surface area contributed by atoms with Gasteiger partial charge in [-0.05, 0) is 57.4 Å². The molecule has 140 valence electrons. The summed E-state index contributed by atoms with van der Waals surface area (Å²) in [7, 11) is 0. The number of ether oxygens (including phenoxy) is 1. The number of carbonyl (C=O) groups is 1. The van der Waals surface area contributed by atoms with Crippen LogP contribution < -0.4 is 10.1 Å². The summed E-state index contributed by atoms with van der Waals surface area (Å²) in [5.41, 5.74) is 5.45. The highest BCUT2D eigenvalue weighted by molar-refractivity contribution is 7.18. The van der Waals surface area contributed by atoms with Gasteiger partial charge in [0.2, 0.25) is 5.13 Å². The Morgan fingerprint density at radius 1 is 1.04 bits per heavy atom. The fraction of sp³-hybridized carbons (Fsp3) is 0.286. The third kappa shape index (κ3) is 4.52. The van der Waals surface area contributed by atoms with E-state index >= 15 is 0 Å². The molecule has 6 heteroatoms. The first-order valence-corrected chi connectivity index (χ1v) is 9.61. The van der Waals surface area contributed by atoms with Crippen molar-refractivity contribution in [2.45, 2.75) is 40.7 Å². The standard InChI is InChI=1S/C21H23N3O2S/c1-12-6-8-17(9-7-12)20-23-24-21(27-20)22-19(25)16(5)26-18-11-13(2)10-14(3)15(18)4/h6-11,16H,1-5H3,(H,22,24,25)/t16-/m0/s1. The second-order valence-electron chi connectivity index (χ2n) is 6.73. The molecular formula is C21H23N3O2S. The van der Waals surface area contributed by atoms with Crippen molar-refractivity contribution in [2.24, 2.45) is 0 Å². The molecule has 0 saturated heterocycles. The zero-order valence-electron chi connectivity index (χ0n) is 16.2. The predicted octanol–water partition coefficient (Wildman–Crippen LogP) is 4.84. The number of hydrogen-bond acceptors (Lipinski definition) is 5. The summed E-state index contributed by atoms with van der Waals surface area (Å²) in [5.74, 6) is 0.480. The zero-order valence-corrected chi connectivity index (χ0v) is 17.0. The Labute approximate surface area is 163 Å². The minimum Gasteiger partial charge on any atom is -0.481 e. The van der Waals surface area contributed by atoms with E-state index < -0.39 is 6.10 Å². The van der Waals surface area contributed by atoms with Crippen LogP contribution in [0.25, 0.3) is 10.6 Å². The van der Waals surface area contributed by atoms with Gasteiger partial charge in [-0.1, -0.05) is 47.2 Å². The highest BCUT2D eigenvalue weighted by Crippen LogP contribution is 2.27. The number of aryl methyl sites for hydroxylation is 3. The van der Waals surface area contributed by atoms with Crippen molar-refractivity contribution < 1.29 is 9.53 Å². The summed E-state index contributed by atoms with van der Waals surface area (Å²) in [6, 6.07) is 12.1. The second kappa shape index (κ2) is 7.88. The first kappa shape index (κ1) is 19.0. The smallest absolute Gasteiger partial charge is 0.266 e. The molecule has 1 amide bonds. The van der Waals surface area contributed by atoms with E-state index in [-0.39, 0.29) is 5.91 Å². The van der Waals surface area contributed by atoms with Crippen molar-refractivity contribution in [3.63, 3.8) is 0 Å². The number of carbonyl (C=O) groups excluding carboxylic acids is 1. The van der Waals surface area contributed by atoms with Crippen molar-refractivity contribution in [3.05, 3.63) is 58.7 Å². The van der Waals surface area contributed by atoms with Gasteiger partial charge in [-0.25, -0.2) is 0 Å². The molecular weight excluding hydrogens is 358 g/mol. The Bertz CT molecular complexity index is 964. The van der Waals surface area contributed by atoms with Crippen LogP contribution in [0.5, 0.6) is 5.75 Å². The molecule has 1 N–H and O–H groups in total. The topological polar surface area (TPSA) is 64.1 Å². The number of rotatable bonds is 5. The summed E-state index contributed by atoms with van der Waals surface area (Å²) in [5, 5.41) is 12.3. The van der Waals surface area contributed by atoms with Crippen molar-refractivity contribution >= 4 is 22.4 Å². The van der Waals surface area contributed by atoms with Gasteiger partial charge in [0.1, 0.15) is 10.8 Å². The van der Waals surface area contributed by atoms with Crippen molar-refractivity contribution in [1.82, 2.24) is 10.2 Å². The van der Waals surface area contributed by atoms with E-state index in [1.165, 1.54) is 16.9 Å². The molecule has 0 aliphatic carbocycles. The van der Waals surface area contributed by atoms with Gasteiger partial charge >= 0.3 is 0 Å². The summed E-state index contributed by atoms with van der Waals surface area (Å²) < 4.78 is 5.89. The van der Waals surface area contributed by atoms with Gasteiger partial charge in [-0.3, -0.25) is 10.1 Å². The Morgan fingerprint density at radius 3 is 2.44 bits per heavy atom. The van der Waals surface area contributed by atoms with Crippen LogP contribution in [0.2, 0.25) is 0 Å². The Balaban J connectivity index is 1.68. The van der Waals surface area contributed by atoms with Gasteiger partial charge in [0.15, 0.2) is 6.10 Å². The highest BCUT2D eigenvalue weighted by atomic mass is 32.1. The number of nitrogens with one attached hydrogen (secondary N) is 1. The molecule has 3 aromatic rings. The normalized spacial score (nSPS) is 11.9. The molecule has 0 radical (unpaired) electrons. The van der Waals surface area contributed by atoms with Crippen LogP contribution in [-0.4, -0.2) is 22.2 Å². The molecule has 1 heterocycles. The van der Waals surface area contributed by atoms with Gasteiger partial charge in [0.05, 0.1) is 0 Å². The van der Waals surface area contributed by atoms with Crippen molar-refractivity contribution in [1.29, 1.82) is 0 Å². The molecule has 0 unspecified atom stereocenters. The maximum absolute atomic E-state index is 12.5. The predicted molar refractivity (Wildman–Crippen MR) is 109 cm³/mol. The molecule has 27 heavy (non-hydrogen) atoms. The fourth-order valence-electron chi connectivity index (χ4n) is 2.66. The molecule has 0 aliphatic rings. The Kier molecular flexibility index (Phi) is 5.56. The lowest BCUT2D eigenvalue weighted by molar-refractivity contribution is -0.122. The van der Waals surface area contributed by atoms with E-state index in [1.807, 2.05) is 58.0 Å². The van der Waals surface area contributed by atoms with Crippen molar-refractivity contribution in [3.8, 4) is 16.3 Å². The first-order valence-electron chi connectivity index (χ1n) is 8.79. The van der Waals surface area contributed by atoms with Crippen LogP contribution in [0.4, 0.5) is 5.13 Å². The van der Waals surface area contributed by atoms with E-state index in [0.717, 1.165) is 33.0 Å². The highest BCUT2D eigenvalue weighted by Gasteiger charge is 2.18. The van der Waals surface area contributed by atoms with E-state index in [0.29, 0.717) is 5.13 Å². The molecule has 0 spiro atoms. The van der Waals surface area contributed by atoms with Gasteiger partial charge in [-0.15, -0.1) is 10.2 Å². The molecule has 5 nitrogen and oxygen atoms in total. The SMILES string of the molecule is Cc1ccc(-c2nnc(NC(=O)[C@H](C)Oc3cc(C)cc(C)c3C)s2)cc1. The van der Waals surface area contributed by atoms with Crippen LogP contribution in [0.1, 0.15) is 29.2 Å². The molecule has 1 atom stereocenters. The molecule has 0 aliphatic heterocycles. The first-order chi connectivity index (χ1) is 12.8. The zero-order chi connectivity index (χ0) is 19.6. The minimum absolute atomic E-state index is 0.250. The average Bonchev–Trinajstić information content (AvgIpc) is 3.08. The van der Waals surface area contributed by atoms with Crippen LogP contribution in [0, 0.1) is 27.7 Å². The summed E-state index contributed by atoms with van der Waals surface area (Å²) >= 11 is 1.34. The number of aromatic nitrogens is 2. The maximum atomic E-state index is 12.5.